The molecule has 1 aliphatic heterocycles. The first kappa shape index (κ1) is 21.9. The molecule has 1 fully saturated rings. The molecule has 2 aromatic carbocycles. The molecule has 0 bridgehead atoms. The minimum atomic E-state index is -4.30. The molecule has 0 atom stereocenters. The molecule has 1 aliphatic rings. The molecule has 0 aliphatic carbocycles. The van der Waals surface area contributed by atoms with E-state index < -0.39 is 31.5 Å². The smallest absolute Gasteiger partial charge is 0.269 e. The second-order valence-electron chi connectivity index (χ2n) is 7.05. The summed E-state index contributed by atoms with van der Waals surface area (Å²) in [6.07, 6.45) is 0. The molecule has 13 heteroatoms. The van der Waals surface area contributed by atoms with E-state index in [1.807, 2.05) is 4.90 Å². The Balaban J connectivity index is 1.39. The lowest BCUT2D eigenvalue weighted by molar-refractivity contribution is -0.384. The van der Waals surface area contributed by atoms with Gasteiger partial charge >= 0.3 is 0 Å². The maximum Gasteiger partial charge on any atom is 0.269 e. The second kappa shape index (κ2) is 8.68. The van der Waals surface area contributed by atoms with E-state index in [2.05, 4.69) is 10.1 Å². The number of benzene rings is 2. The largest absolute Gasteiger partial charge is 0.338 e. The highest BCUT2D eigenvalue weighted by atomic mass is 32.2. The summed E-state index contributed by atoms with van der Waals surface area (Å²) in [5.74, 6) is -1.70. The van der Waals surface area contributed by atoms with Gasteiger partial charge in [-0.3, -0.25) is 15.0 Å². The fourth-order valence-electron chi connectivity index (χ4n) is 3.35. The molecular formula is C19H17F2N5O5S. The standard InChI is InChI=1S/C19H17F2N5O5S/c20-15-2-1-3-16(21)18(15)32(29,30)25-10-8-24(9-11-25)12-17-22-19(23-31-17)13-4-6-14(7-5-13)26(27)28/h1-7H,8-12H2. The SMILES string of the molecule is O=[N+]([O-])c1ccc(-c2noc(CN3CCN(S(=O)(=O)c4c(F)cccc4F)CC3)n2)cc1. The summed E-state index contributed by atoms with van der Waals surface area (Å²) in [5.41, 5.74) is 0.494. The van der Waals surface area contributed by atoms with Crippen molar-refractivity contribution in [3.05, 3.63) is 70.1 Å². The van der Waals surface area contributed by atoms with Crippen LogP contribution in [-0.2, 0) is 16.6 Å². The lowest BCUT2D eigenvalue weighted by Gasteiger charge is -2.33. The van der Waals surface area contributed by atoms with Gasteiger partial charge in [0.1, 0.15) is 11.6 Å². The van der Waals surface area contributed by atoms with Crippen LogP contribution in [0.25, 0.3) is 11.4 Å². The summed E-state index contributed by atoms with van der Waals surface area (Å²) >= 11 is 0. The van der Waals surface area contributed by atoms with Gasteiger partial charge in [-0.05, 0) is 24.3 Å². The van der Waals surface area contributed by atoms with E-state index in [-0.39, 0.29) is 37.0 Å². The Kier molecular flexibility index (Phi) is 5.95. The summed E-state index contributed by atoms with van der Waals surface area (Å²) in [7, 11) is -4.30. The third-order valence-corrected chi connectivity index (χ3v) is 6.96. The maximum absolute atomic E-state index is 14.0. The first-order chi connectivity index (χ1) is 15.3. The molecule has 3 aromatic rings. The number of aromatic nitrogens is 2. The minimum absolute atomic E-state index is 0.0411. The highest BCUT2D eigenvalue weighted by Gasteiger charge is 2.33. The van der Waals surface area contributed by atoms with E-state index in [1.54, 1.807) is 0 Å². The van der Waals surface area contributed by atoms with Crippen LogP contribution in [0.15, 0.2) is 51.9 Å². The highest BCUT2D eigenvalue weighted by molar-refractivity contribution is 7.89. The van der Waals surface area contributed by atoms with Crippen molar-refractivity contribution in [2.45, 2.75) is 11.4 Å². The number of sulfonamides is 1. The Morgan fingerprint density at radius 1 is 1.03 bits per heavy atom. The van der Waals surface area contributed by atoms with Gasteiger partial charge in [0.15, 0.2) is 4.90 Å². The molecule has 0 saturated carbocycles. The fraction of sp³-hybridized carbons (Fsp3) is 0.263. The van der Waals surface area contributed by atoms with E-state index in [9.17, 15) is 27.3 Å². The van der Waals surface area contributed by atoms with Gasteiger partial charge in [-0.25, -0.2) is 17.2 Å². The van der Waals surface area contributed by atoms with E-state index in [4.69, 9.17) is 4.52 Å². The number of halogens is 2. The molecule has 0 amide bonds. The van der Waals surface area contributed by atoms with Crippen LogP contribution in [0.4, 0.5) is 14.5 Å². The normalized spacial score (nSPS) is 15.7. The van der Waals surface area contributed by atoms with Crippen molar-refractivity contribution >= 4 is 15.7 Å². The maximum atomic E-state index is 14.0. The summed E-state index contributed by atoms with van der Waals surface area (Å²) in [5, 5.41) is 14.6. The van der Waals surface area contributed by atoms with Crippen molar-refractivity contribution in [2.24, 2.45) is 0 Å². The van der Waals surface area contributed by atoms with Crippen LogP contribution in [-0.4, -0.2) is 58.9 Å². The predicted molar refractivity (Wildman–Crippen MR) is 107 cm³/mol. The average Bonchev–Trinajstić information content (AvgIpc) is 3.22. The topological polar surface area (TPSA) is 123 Å². The van der Waals surface area contributed by atoms with Gasteiger partial charge in [-0.15, -0.1) is 0 Å². The molecule has 0 spiro atoms. The van der Waals surface area contributed by atoms with Crippen LogP contribution in [0.2, 0.25) is 0 Å². The number of hydrogen-bond acceptors (Lipinski definition) is 8. The van der Waals surface area contributed by atoms with Gasteiger partial charge in [0.2, 0.25) is 21.7 Å². The Bertz CT molecular complexity index is 1220. The van der Waals surface area contributed by atoms with Gasteiger partial charge in [-0.1, -0.05) is 11.2 Å². The number of non-ortho nitro benzene ring substituents is 1. The van der Waals surface area contributed by atoms with Gasteiger partial charge in [-0.2, -0.15) is 9.29 Å². The molecule has 2 heterocycles. The molecule has 10 nitrogen and oxygen atoms in total. The van der Waals surface area contributed by atoms with Crippen molar-refractivity contribution in [3.63, 3.8) is 0 Å². The van der Waals surface area contributed by atoms with Crippen LogP contribution in [0.1, 0.15) is 5.89 Å². The van der Waals surface area contributed by atoms with Crippen LogP contribution in [0, 0.1) is 21.7 Å². The monoisotopic (exact) mass is 465 g/mol. The first-order valence-corrected chi connectivity index (χ1v) is 10.9. The third-order valence-electron chi connectivity index (χ3n) is 5.01. The number of nitro groups is 1. The van der Waals surface area contributed by atoms with Gasteiger partial charge in [0.25, 0.3) is 5.69 Å². The Morgan fingerprint density at radius 3 is 2.25 bits per heavy atom. The zero-order valence-corrected chi connectivity index (χ0v) is 17.3. The van der Waals surface area contributed by atoms with Crippen molar-refractivity contribution in [1.82, 2.24) is 19.3 Å². The van der Waals surface area contributed by atoms with E-state index in [0.717, 1.165) is 22.5 Å². The molecule has 4 rings (SSSR count). The Hall–Kier alpha value is -3.29. The van der Waals surface area contributed by atoms with E-state index in [1.165, 1.54) is 24.3 Å². The van der Waals surface area contributed by atoms with Crippen LogP contribution >= 0.6 is 0 Å². The number of nitrogens with zero attached hydrogens (tertiary/aromatic N) is 5. The summed E-state index contributed by atoms with van der Waals surface area (Å²) in [6, 6.07) is 8.62. The quantitative estimate of drug-likeness (QED) is 0.402. The third kappa shape index (κ3) is 4.35. The first-order valence-electron chi connectivity index (χ1n) is 9.49. The van der Waals surface area contributed by atoms with Crippen molar-refractivity contribution in [1.29, 1.82) is 0 Å². The van der Waals surface area contributed by atoms with E-state index >= 15 is 0 Å². The zero-order valence-electron chi connectivity index (χ0n) is 16.5. The second-order valence-corrected chi connectivity index (χ2v) is 8.92. The van der Waals surface area contributed by atoms with Crippen molar-refractivity contribution in [3.8, 4) is 11.4 Å². The van der Waals surface area contributed by atoms with Crippen LogP contribution in [0.5, 0.6) is 0 Å². The van der Waals surface area contributed by atoms with Gasteiger partial charge < -0.3 is 4.52 Å². The predicted octanol–water partition coefficient (Wildman–Crippen LogP) is 2.43. The van der Waals surface area contributed by atoms with E-state index in [0.29, 0.717) is 18.7 Å². The average molecular weight is 465 g/mol. The van der Waals surface area contributed by atoms with Gasteiger partial charge in [0.05, 0.1) is 11.5 Å². The summed E-state index contributed by atoms with van der Waals surface area (Å²) < 4.78 is 59.5. The molecule has 0 radical (unpaired) electrons. The Morgan fingerprint density at radius 2 is 1.66 bits per heavy atom. The minimum Gasteiger partial charge on any atom is -0.338 e. The zero-order chi connectivity index (χ0) is 22.9. The molecule has 0 N–H and O–H groups in total. The molecule has 168 valence electrons. The molecular weight excluding hydrogens is 448 g/mol. The number of rotatable bonds is 6. The highest BCUT2D eigenvalue weighted by Crippen LogP contribution is 2.24. The number of piperazine rings is 1. The molecule has 0 unspecified atom stereocenters. The Labute approximate surface area is 181 Å². The summed E-state index contributed by atoms with van der Waals surface area (Å²) in [6.45, 7) is 0.927. The lowest BCUT2D eigenvalue weighted by Crippen LogP contribution is -2.48. The fourth-order valence-corrected chi connectivity index (χ4v) is 4.88. The van der Waals surface area contributed by atoms with Gasteiger partial charge in [0, 0.05) is 43.9 Å². The number of nitro benzene ring substituents is 1. The van der Waals surface area contributed by atoms with Crippen LogP contribution < -0.4 is 0 Å². The van der Waals surface area contributed by atoms with Crippen LogP contribution in [0.3, 0.4) is 0 Å². The molecule has 1 saturated heterocycles. The number of hydrogen-bond donors (Lipinski definition) is 0. The lowest BCUT2D eigenvalue weighted by atomic mass is 10.2. The molecule has 1 aromatic heterocycles. The van der Waals surface area contributed by atoms with Crippen molar-refractivity contribution in [2.75, 3.05) is 26.2 Å². The molecule has 32 heavy (non-hydrogen) atoms. The summed E-state index contributed by atoms with van der Waals surface area (Å²) in [4.78, 5) is 15.4. The van der Waals surface area contributed by atoms with Crippen molar-refractivity contribution < 1.29 is 26.6 Å².